The van der Waals surface area contributed by atoms with E-state index in [9.17, 15) is 9.59 Å². The number of hydrogen-bond donors (Lipinski definition) is 1. The van der Waals surface area contributed by atoms with Gasteiger partial charge in [0.1, 0.15) is 0 Å². The summed E-state index contributed by atoms with van der Waals surface area (Å²) in [4.78, 5) is 26.4. The van der Waals surface area contributed by atoms with Crippen LogP contribution in [-0.2, 0) is 9.53 Å². The van der Waals surface area contributed by atoms with Crippen LogP contribution in [-0.4, -0.2) is 30.5 Å². The van der Waals surface area contributed by atoms with E-state index in [-0.39, 0.29) is 13.3 Å². The van der Waals surface area contributed by atoms with Gasteiger partial charge in [-0.15, -0.1) is 0 Å². The van der Waals surface area contributed by atoms with Crippen molar-refractivity contribution in [3.8, 4) is 0 Å². The highest BCUT2D eigenvalue weighted by Crippen LogP contribution is 2.03. The maximum atomic E-state index is 11.6. The molecule has 0 aliphatic carbocycles. The predicted molar refractivity (Wildman–Crippen MR) is 73.8 cm³/mol. The Morgan fingerprint density at radius 2 is 2.11 bits per heavy atom. The highest BCUT2D eigenvalue weighted by Gasteiger charge is 2.03. The number of methoxy groups -OCH3 is 1. The molecule has 0 aliphatic rings. The summed E-state index contributed by atoms with van der Waals surface area (Å²) in [6.45, 7) is 0.645. The van der Waals surface area contributed by atoms with Crippen LogP contribution in [0.4, 0.5) is 0 Å². The van der Waals surface area contributed by atoms with Gasteiger partial charge in [0.05, 0.1) is 12.7 Å². The lowest BCUT2D eigenvalue weighted by Gasteiger charge is -2.04. The fourth-order valence-corrected chi connectivity index (χ4v) is 1.65. The van der Waals surface area contributed by atoms with Gasteiger partial charge in [-0.1, -0.05) is 12.8 Å². The first-order valence-electron chi connectivity index (χ1n) is 6.49. The number of amides is 1. The van der Waals surface area contributed by atoms with Gasteiger partial charge in [-0.05, 0) is 25.0 Å². The molecule has 106 valence electrons. The van der Waals surface area contributed by atoms with E-state index >= 15 is 0 Å². The summed E-state index contributed by atoms with van der Waals surface area (Å²) in [5, 5.41) is 2.84. The summed E-state index contributed by atoms with van der Waals surface area (Å²) in [5.74, 6) is -0.257. The maximum Gasteiger partial charge on any atom is 0.305 e. The van der Waals surface area contributed by atoms with Crippen LogP contribution in [0, 0.1) is 0 Å². The van der Waals surface area contributed by atoms with Crippen LogP contribution in [0.2, 0.25) is 0 Å². The first-order chi connectivity index (χ1) is 9.24. The molecule has 5 nitrogen and oxygen atoms in total. The summed E-state index contributed by atoms with van der Waals surface area (Å²) >= 11 is 0. The number of nitrogens with zero attached hydrogens (tertiary/aromatic N) is 1. The van der Waals surface area contributed by atoms with E-state index in [2.05, 4.69) is 15.0 Å². The van der Waals surface area contributed by atoms with Gasteiger partial charge >= 0.3 is 5.97 Å². The van der Waals surface area contributed by atoms with Crippen LogP contribution in [0.15, 0.2) is 24.5 Å². The summed E-state index contributed by atoms with van der Waals surface area (Å²) in [5.41, 5.74) is 0.577. The van der Waals surface area contributed by atoms with Crippen LogP contribution in [0.1, 0.15) is 43.9 Å². The lowest BCUT2D eigenvalue weighted by Crippen LogP contribution is -2.24. The molecule has 1 aromatic heterocycles. The molecular weight excluding hydrogens is 244 g/mol. The van der Waals surface area contributed by atoms with E-state index in [1.165, 1.54) is 7.11 Å². The van der Waals surface area contributed by atoms with Crippen LogP contribution < -0.4 is 5.32 Å². The van der Waals surface area contributed by atoms with Gasteiger partial charge in [0.25, 0.3) is 5.91 Å². The first-order valence-corrected chi connectivity index (χ1v) is 6.49. The second-order valence-electron chi connectivity index (χ2n) is 4.24. The van der Waals surface area contributed by atoms with E-state index in [0.717, 1.165) is 25.7 Å². The number of esters is 1. The second-order valence-corrected chi connectivity index (χ2v) is 4.24. The molecule has 0 atom stereocenters. The average Bonchev–Trinajstić information content (AvgIpc) is 2.46. The molecule has 0 bridgehead atoms. The van der Waals surface area contributed by atoms with E-state index in [4.69, 9.17) is 0 Å². The molecule has 1 amide bonds. The quantitative estimate of drug-likeness (QED) is 0.578. The van der Waals surface area contributed by atoms with Crippen LogP contribution >= 0.6 is 0 Å². The lowest BCUT2D eigenvalue weighted by molar-refractivity contribution is -0.140. The highest BCUT2D eigenvalue weighted by atomic mass is 16.5. The topological polar surface area (TPSA) is 68.3 Å². The minimum absolute atomic E-state index is 0. The van der Waals surface area contributed by atoms with Crippen molar-refractivity contribution >= 4 is 11.9 Å². The number of pyridine rings is 1. The van der Waals surface area contributed by atoms with Crippen molar-refractivity contribution < 1.29 is 15.8 Å². The molecule has 0 aliphatic heterocycles. The van der Waals surface area contributed by atoms with Crippen molar-refractivity contribution in [3.63, 3.8) is 0 Å². The summed E-state index contributed by atoms with van der Waals surface area (Å²) in [6, 6.07) is 3.47. The van der Waals surface area contributed by atoms with E-state index < -0.39 is 0 Å². The largest absolute Gasteiger partial charge is 0.469 e. The third-order valence-corrected chi connectivity index (χ3v) is 2.74. The van der Waals surface area contributed by atoms with Crippen LogP contribution in [0.25, 0.3) is 0 Å². The zero-order valence-corrected chi connectivity index (χ0v) is 11.2. The Bertz CT molecular complexity index is 399. The van der Waals surface area contributed by atoms with Crippen LogP contribution in [0.3, 0.4) is 0 Å². The Morgan fingerprint density at radius 1 is 1.32 bits per heavy atom. The average molecular weight is 266 g/mol. The lowest BCUT2D eigenvalue weighted by atomic mass is 10.1. The van der Waals surface area contributed by atoms with Crippen molar-refractivity contribution in [2.24, 2.45) is 0 Å². The SMILES string of the molecule is COC(=O)CCCCCCNC(=O)c1cccnc1.[HH]. The summed E-state index contributed by atoms with van der Waals surface area (Å²) in [7, 11) is 1.40. The van der Waals surface area contributed by atoms with Crippen molar-refractivity contribution in [3.05, 3.63) is 30.1 Å². The molecular formula is C14H22N2O3. The normalized spacial score (nSPS) is 9.95. The fourth-order valence-electron chi connectivity index (χ4n) is 1.65. The minimum atomic E-state index is -0.162. The van der Waals surface area contributed by atoms with Gasteiger partial charge in [-0.25, -0.2) is 0 Å². The first kappa shape index (κ1) is 15.1. The van der Waals surface area contributed by atoms with Crippen molar-refractivity contribution in [1.29, 1.82) is 0 Å². The van der Waals surface area contributed by atoms with Crippen molar-refractivity contribution in [2.45, 2.75) is 32.1 Å². The third-order valence-electron chi connectivity index (χ3n) is 2.74. The Morgan fingerprint density at radius 3 is 2.79 bits per heavy atom. The number of rotatable bonds is 8. The molecule has 0 spiro atoms. The van der Waals surface area contributed by atoms with Crippen molar-refractivity contribution in [1.82, 2.24) is 10.3 Å². The van der Waals surface area contributed by atoms with E-state index in [0.29, 0.717) is 18.5 Å². The fraction of sp³-hybridized carbons (Fsp3) is 0.500. The minimum Gasteiger partial charge on any atom is -0.469 e. The number of hydrogen-bond acceptors (Lipinski definition) is 4. The number of ether oxygens (including phenoxy) is 1. The maximum absolute atomic E-state index is 11.6. The van der Waals surface area contributed by atoms with Gasteiger partial charge in [0, 0.05) is 26.8 Å². The molecule has 1 rings (SSSR count). The zero-order chi connectivity index (χ0) is 13.9. The monoisotopic (exact) mass is 266 g/mol. The second kappa shape index (κ2) is 9.08. The molecule has 1 heterocycles. The Hall–Kier alpha value is -1.91. The highest BCUT2D eigenvalue weighted by molar-refractivity contribution is 5.93. The molecule has 0 aromatic carbocycles. The van der Waals surface area contributed by atoms with Gasteiger partial charge in [0.15, 0.2) is 0 Å². The van der Waals surface area contributed by atoms with Gasteiger partial charge in [-0.3, -0.25) is 14.6 Å². The third kappa shape index (κ3) is 6.55. The van der Waals surface area contributed by atoms with Crippen LogP contribution in [0.5, 0.6) is 0 Å². The van der Waals surface area contributed by atoms with Gasteiger partial charge < -0.3 is 10.1 Å². The Kier molecular flexibility index (Phi) is 7.24. The molecule has 19 heavy (non-hydrogen) atoms. The number of carbonyl (C=O) groups excluding carboxylic acids is 2. The zero-order valence-electron chi connectivity index (χ0n) is 11.2. The Balaban J connectivity index is 0.00000361. The molecule has 5 heteroatoms. The number of nitrogens with one attached hydrogen (secondary N) is 1. The van der Waals surface area contributed by atoms with Crippen molar-refractivity contribution in [2.75, 3.05) is 13.7 Å². The molecule has 0 saturated carbocycles. The molecule has 0 saturated heterocycles. The predicted octanol–water partition coefficient (Wildman–Crippen LogP) is 2.18. The molecule has 1 aromatic rings. The van der Waals surface area contributed by atoms with E-state index in [1.54, 1.807) is 24.5 Å². The molecule has 1 N–H and O–H groups in total. The Labute approximate surface area is 114 Å². The standard InChI is InChI=1S/C14H20N2O3.H2/c1-19-13(17)8-4-2-3-5-10-16-14(18)12-7-6-9-15-11-12;/h6-7,9,11H,2-5,8,10H2,1H3,(H,16,18);1H. The number of unbranched alkanes of at least 4 members (excludes halogenated alkanes) is 3. The number of aromatic nitrogens is 1. The van der Waals surface area contributed by atoms with Gasteiger partial charge in [-0.2, -0.15) is 0 Å². The van der Waals surface area contributed by atoms with E-state index in [1.807, 2.05) is 0 Å². The number of carbonyl (C=O) groups is 2. The summed E-state index contributed by atoms with van der Waals surface area (Å²) < 4.78 is 4.56. The molecule has 0 radical (unpaired) electrons. The van der Waals surface area contributed by atoms with Gasteiger partial charge in [0.2, 0.25) is 0 Å². The smallest absolute Gasteiger partial charge is 0.305 e. The summed E-state index contributed by atoms with van der Waals surface area (Å²) in [6.07, 6.45) is 7.36. The molecule has 0 fully saturated rings. The molecule has 0 unspecified atom stereocenters.